The van der Waals surface area contributed by atoms with Crippen LogP contribution in [0.15, 0.2) is 47.2 Å². The number of hydrogen-bond acceptors (Lipinski definition) is 5. The zero-order chi connectivity index (χ0) is 15.5. The molecule has 0 fully saturated rings. The molecule has 0 aliphatic carbocycles. The summed E-state index contributed by atoms with van der Waals surface area (Å²) in [7, 11) is 1.52. The number of ether oxygens (including phenoxy) is 1. The van der Waals surface area contributed by atoms with Crippen molar-refractivity contribution in [3.05, 3.63) is 52.8 Å². The first kappa shape index (κ1) is 14.5. The number of nitrogens with zero attached hydrogens (tertiary/aromatic N) is 2. The first-order valence-electron chi connectivity index (χ1n) is 6.52. The third kappa shape index (κ3) is 2.78. The fourth-order valence-corrected chi connectivity index (χ4v) is 2.57. The molecule has 3 rings (SSSR count). The third-order valence-electron chi connectivity index (χ3n) is 3.20. The lowest BCUT2D eigenvalue weighted by atomic mass is 10.1. The molecule has 0 aliphatic rings. The lowest BCUT2D eigenvalue weighted by molar-refractivity contribution is 0.112. The Hall–Kier alpha value is -2.47. The highest BCUT2D eigenvalue weighted by Crippen LogP contribution is 2.29. The van der Waals surface area contributed by atoms with Gasteiger partial charge >= 0.3 is 0 Å². The maximum absolute atomic E-state index is 11.2. The third-order valence-corrected chi connectivity index (χ3v) is 3.69. The average molecular weight is 358 g/mol. The van der Waals surface area contributed by atoms with E-state index in [1.807, 2.05) is 24.3 Å². The number of benzene rings is 2. The van der Waals surface area contributed by atoms with Gasteiger partial charge in [0.15, 0.2) is 6.29 Å². The largest absolute Gasteiger partial charge is 0.496 e. The molecule has 22 heavy (non-hydrogen) atoms. The Morgan fingerprint density at radius 2 is 2.09 bits per heavy atom. The van der Waals surface area contributed by atoms with Gasteiger partial charge < -0.3 is 10.1 Å². The summed E-state index contributed by atoms with van der Waals surface area (Å²) in [4.78, 5) is 19.7. The fourth-order valence-electron chi connectivity index (χ4n) is 2.17. The van der Waals surface area contributed by atoms with Crippen molar-refractivity contribution in [1.82, 2.24) is 9.97 Å². The van der Waals surface area contributed by atoms with Gasteiger partial charge in [0.2, 0.25) is 0 Å². The van der Waals surface area contributed by atoms with Gasteiger partial charge in [0.25, 0.3) is 0 Å². The number of anilines is 2. The number of nitrogens with one attached hydrogen (secondary N) is 1. The van der Waals surface area contributed by atoms with Crippen molar-refractivity contribution in [2.45, 2.75) is 0 Å². The lowest BCUT2D eigenvalue weighted by Gasteiger charge is -2.10. The minimum atomic E-state index is 0.460. The van der Waals surface area contributed by atoms with Crippen LogP contribution in [0.2, 0.25) is 0 Å². The number of fused-ring (bicyclic) bond motifs is 1. The molecule has 0 saturated carbocycles. The highest BCUT2D eigenvalue weighted by atomic mass is 79.9. The number of aromatic nitrogens is 2. The standard InChI is InChI=1S/C16H12BrN3O2/c1-22-15-7-14-13(5-10(15)8-21)16(19-9-18-14)20-12-4-2-3-11(17)6-12/h2-9H,1H3,(H,18,19,20). The first-order valence-corrected chi connectivity index (χ1v) is 7.31. The van der Waals surface area contributed by atoms with Crippen LogP contribution in [-0.2, 0) is 0 Å². The topological polar surface area (TPSA) is 64.1 Å². The van der Waals surface area contributed by atoms with Crippen LogP contribution in [0, 0.1) is 0 Å². The predicted molar refractivity (Wildman–Crippen MR) is 88.9 cm³/mol. The molecule has 0 amide bonds. The average Bonchev–Trinajstić information content (AvgIpc) is 2.54. The van der Waals surface area contributed by atoms with Gasteiger partial charge in [-0.2, -0.15) is 0 Å². The molecule has 110 valence electrons. The van der Waals surface area contributed by atoms with Crippen molar-refractivity contribution in [1.29, 1.82) is 0 Å². The van der Waals surface area contributed by atoms with Crippen molar-refractivity contribution in [2.24, 2.45) is 0 Å². The van der Waals surface area contributed by atoms with E-state index in [1.54, 1.807) is 12.1 Å². The van der Waals surface area contributed by atoms with E-state index in [1.165, 1.54) is 13.4 Å². The molecule has 1 N–H and O–H groups in total. The van der Waals surface area contributed by atoms with Gasteiger partial charge in [0, 0.05) is 21.6 Å². The zero-order valence-corrected chi connectivity index (χ0v) is 13.3. The quantitative estimate of drug-likeness (QED) is 0.716. The Balaban J connectivity index is 2.11. The molecule has 1 aromatic heterocycles. The summed E-state index contributed by atoms with van der Waals surface area (Å²) in [6, 6.07) is 11.2. The Kier molecular flexibility index (Phi) is 4.02. The maximum atomic E-state index is 11.2. The molecule has 0 aliphatic heterocycles. The summed E-state index contributed by atoms with van der Waals surface area (Å²) in [6.45, 7) is 0. The van der Waals surface area contributed by atoms with Crippen molar-refractivity contribution in [3.63, 3.8) is 0 Å². The molecule has 0 atom stereocenters. The predicted octanol–water partition coefficient (Wildman–Crippen LogP) is 3.96. The summed E-state index contributed by atoms with van der Waals surface area (Å²) in [6.07, 6.45) is 2.23. The van der Waals surface area contributed by atoms with E-state index in [2.05, 4.69) is 31.2 Å². The summed E-state index contributed by atoms with van der Waals surface area (Å²) in [5.74, 6) is 1.13. The second-order valence-corrected chi connectivity index (χ2v) is 5.50. The number of rotatable bonds is 4. The minimum absolute atomic E-state index is 0.460. The first-order chi connectivity index (χ1) is 10.7. The van der Waals surface area contributed by atoms with Gasteiger partial charge in [0.05, 0.1) is 18.2 Å². The van der Waals surface area contributed by atoms with E-state index in [0.717, 1.165) is 21.8 Å². The monoisotopic (exact) mass is 357 g/mol. The number of hydrogen-bond donors (Lipinski definition) is 1. The Morgan fingerprint density at radius 1 is 1.23 bits per heavy atom. The molecule has 0 saturated heterocycles. The van der Waals surface area contributed by atoms with Crippen LogP contribution >= 0.6 is 15.9 Å². The Labute approximate surface area is 135 Å². The number of carbonyl (C=O) groups excluding carboxylic acids is 1. The van der Waals surface area contributed by atoms with E-state index in [4.69, 9.17) is 4.74 Å². The zero-order valence-electron chi connectivity index (χ0n) is 11.7. The second-order valence-electron chi connectivity index (χ2n) is 4.59. The number of carbonyl (C=O) groups is 1. The Morgan fingerprint density at radius 3 is 2.82 bits per heavy atom. The van der Waals surface area contributed by atoms with Crippen molar-refractivity contribution in [3.8, 4) is 5.75 Å². The van der Waals surface area contributed by atoms with Crippen molar-refractivity contribution >= 4 is 44.6 Å². The molecular weight excluding hydrogens is 346 g/mol. The van der Waals surface area contributed by atoms with Crippen LogP contribution in [-0.4, -0.2) is 23.4 Å². The summed E-state index contributed by atoms with van der Waals surface area (Å²) in [5, 5.41) is 3.99. The van der Waals surface area contributed by atoms with Crippen LogP contribution in [0.3, 0.4) is 0 Å². The van der Waals surface area contributed by atoms with Crippen molar-refractivity contribution < 1.29 is 9.53 Å². The minimum Gasteiger partial charge on any atom is -0.496 e. The number of methoxy groups -OCH3 is 1. The van der Waals surface area contributed by atoms with Gasteiger partial charge in [-0.15, -0.1) is 0 Å². The Bertz CT molecular complexity index is 852. The molecule has 0 radical (unpaired) electrons. The molecule has 0 unspecified atom stereocenters. The SMILES string of the molecule is COc1cc2ncnc(Nc3cccc(Br)c3)c2cc1C=O. The van der Waals surface area contributed by atoms with E-state index in [0.29, 0.717) is 22.6 Å². The molecule has 5 nitrogen and oxygen atoms in total. The van der Waals surface area contributed by atoms with E-state index >= 15 is 0 Å². The fraction of sp³-hybridized carbons (Fsp3) is 0.0625. The van der Waals surface area contributed by atoms with Gasteiger partial charge in [-0.1, -0.05) is 22.0 Å². The van der Waals surface area contributed by atoms with Crippen LogP contribution in [0.4, 0.5) is 11.5 Å². The van der Waals surface area contributed by atoms with Crippen molar-refractivity contribution in [2.75, 3.05) is 12.4 Å². The number of halogens is 1. The molecule has 0 bridgehead atoms. The molecule has 6 heteroatoms. The maximum Gasteiger partial charge on any atom is 0.153 e. The molecule has 2 aromatic carbocycles. The highest BCUT2D eigenvalue weighted by molar-refractivity contribution is 9.10. The second kappa shape index (κ2) is 6.11. The lowest BCUT2D eigenvalue weighted by Crippen LogP contribution is -1.98. The van der Waals surface area contributed by atoms with Gasteiger partial charge in [-0.3, -0.25) is 4.79 Å². The molecule has 3 aromatic rings. The summed E-state index contributed by atoms with van der Waals surface area (Å²) in [5.41, 5.74) is 2.05. The molecule has 1 heterocycles. The smallest absolute Gasteiger partial charge is 0.153 e. The van der Waals surface area contributed by atoms with Crippen LogP contribution < -0.4 is 10.1 Å². The molecular formula is C16H12BrN3O2. The van der Waals surface area contributed by atoms with E-state index in [-0.39, 0.29) is 0 Å². The summed E-state index contributed by atoms with van der Waals surface area (Å²) >= 11 is 3.43. The van der Waals surface area contributed by atoms with Gasteiger partial charge in [-0.25, -0.2) is 9.97 Å². The van der Waals surface area contributed by atoms with Gasteiger partial charge in [0.1, 0.15) is 17.9 Å². The van der Waals surface area contributed by atoms with Crippen LogP contribution in [0.25, 0.3) is 10.9 Å². The normalized spacial score (nSPS) is 10.5. The molecule has 0 spiro atoms. The van der Waals surface area contributed by atoms with Crippen LogP contribution in [0.5, 0.6) is 5.75 Å². The van der Waals surface area contributed by atoms with Gasteiger partial charge in [-0.05, 0) is 24.3 Å². The van der Waals surface area contributed by atoms with Crippen LogP contribution in [0.1, 0.15) is 10.4 Å². The number of aldehydes is 1. The summed E-state index contributed by atoms with van der Waals surface area (Å²) < 4.78 is 6.16. The van der Waals surface area contributed by atoms with E-state index < -0.39 is 0 Å². The highest BCUT2D eigenvalue weighted by Gasteiger charge is 2.10. The van der Waals surface area contributed by atoms with E-state index in [9.17, 15) is 4.79 Å².